The average molecular weight is 550 g/mol. The summed E-state index contributed by atoms with van der Waals surface area (Å²) < 4.78 is 35.5. The lowest BCUT2D eigenvalue weighted by atomic mass is 10.0. The maximum Gasteiger partial charge on any atom is 0.421 e. The van der Waals surface area contributed by atoms with Crippen molar-refractivity contribution >= 4 is 27.9 Å². The molecule has 1 atom stereocenters. The van der Waals surface area contributed by atoms with Crippen LogP contribution in [0.4, 0.5) is 4.79 Å². The van der Waals surface area contributed by atoms with E-state index in [4.69, 9.17) is 9.72 Å². The molecule has 4 aromatic rings. The van der Waals surface area contributed by atoms with Gasteiger partial charge in [-0.15, -0.1) is 11.8 Å². The summed E-state index contributed by atoms with van der Waals surface area (Å²) >= 11 is 1.62. The van der Waals surface area contributed by atoms with Gasteiger partial charge >= 0.3 is 6.09 Å². The standard InChI is InChI=1S/C29H31N3O4S2/c1-4-21(2)28-30-27(37-3)19-32(28)18-22-14-16-24(17-15-22)25-12-8-9-13-26(25)38(34,35)31-29(33)36-20-23-10-6-5-7-11-23/h5-17,19,21H,4,18,20H2,1-3H3,(H,31,33). The van der Waals surface area contributed by atoms with E-state index in [0.29, 0.717) is 18.0 Å². The quantitative estimate of drug-likeness (QED) is 0.229. The Hall–Kier alpha value is -3.56. The van der Waals surface area contributed by atoms with Gasteiger partial charge < -0.3 is 9.30 Å². The molecular weight excluding hydrogens is 518 g/mol. The maximum atomic E-state index is 13.1. The number of carbonyl (C=O) groups is 1. The molecule has 0 bridgehead atoms. The molecule has 0 aliphatic carbocycles. The van der Waals surface area contributed by atoms with Gasteiger partial charge in [-0.25, -0.2) is 22.9 Å². The van der Waals surface area contributed by atoms with Crippen molar-refractivity contribution in [3.63, 3.8) is 0 Å². The topological polar surface area (TPSA) is 90.3 Å². The number of hydrogen-bond donors (Lipinski definition) is 1. The number of imidazole rings is 1. The van der Waals surface area contributed by atoms with Crippen molar-refractivity contribution in [2.24, 2.45) is 0 Å². The van der Waals surface area contributed by atoms with Crippen molar-refractivity contribution < 1.29 is 17.9 Å². The largest absolute Gasteiger partial charge is 0.444 e. The molecule has 0 fully saturated rings. The zero-order chi connectivity index (χ0) is 27.1. The van der Waals surface area contributed by atoms with Crippen LogP contribution in [0.25, 0.3) is 11.1 Å². The maximum absolute atomic E-state index is 13.1. The van der Waals surface area contributed by atoms with Gasteiger partial charge in [-0.3, -0.25) is 0 Å². The van der Waals surface area contributed by atoms with Crippen LogP contribution in [-0.4, -0.2) is 30.3 Å². The summed E-state index contributed by atoms with van der Waals surface area (Å²) in [5.74, 6) is 1.40. The smallest absolute Gasteiger partial charge is 0.421 e. The molecule has 1 aromatic heterocycles. The lowest BCUT2D eigenvalue weighted by Crippen LogP contribution is -2.31. The van der Waals surface area contributed by atoms with Crippen LogP contribution >= 0.6 is 11.8 Å². The molecule has 1 heterocycles. The first-order chi connectivity index (χ1) is 18.3. The lowest BCUT2D eigenvalue weighted by Gasteiger charge is -2.14. The van der Waals surface area contributed by atoms with Crippen molar-refractivity contribution in [3.8, 4) is 11.1 Å². The van der Waals surface area contributed by atoms with Gasteiger partial charge in [-0.2, -0.15) is 0 Å². The van der Waals surface area contributed by atoms with Crippen LogP contribution in [0, 0.1) is 0 Å². The first-order valence-electron chi connectivity index (χ1n) is 12.3. The van der Waals surface area contributed by atoms with Gasteiger partial charge in [-0.05, 0) is 35.4 Å². The van der Waals surface area contributed by atoms with Gasteiger partial charge in [-0.1, -0.05) is 86.6 Å². The zero-order valence-corrected chi connectivity index (χ0v) is 23.3. The summed E-state index contributed by atoms with van der Waals surface area (Å²) in [4.78, 5) is 17.0. The molecule has 0 saturated heterocycles. The van der Waals surface area contributed by atoms with Gasteiger partial charge in [0.15, 0.2) is 0 Å². The van der Waals surface area contributed by atoms with E-state index in [1.165, 1.54) is 6.07 Å². The number of sulfonamides is 1. The summed E-state index contributed by atoms with van der Waals surface area (Å²) in [5, 5.41) is 0.992. The second-order valence-electron chi connectivity index (χ2n) is 8.94. The molecule has 0 aliphatic rings. The minimum absolute atomic E-state index is 0.00249. The molecule has 4 rings (SSSR count). The molecule has 1 amide bonds. The monoisotopic (exact) mass is 549 g/mol. The van der Waals surface area contributed by atoms with E-state index in [2.05, 4.69) is 24.6 Å². The van der Waals surface area contributed by atoms with Crippen molar-refractivity contribution in [1.82, 2.24) is 14.3 Å². The number of rotatable bonds is 10. The Morgan fingerprint density at radius 1 is 1.00 bits per heavy atom. The van der Waals surface area contributed by atoms with Crippen LogP contribution in [0.5, 0.6) is 0 Å². The second-order valence-corrected chi connectivity index (χ2v) is 11.4. The molecule has 7 nitrogen and oxygen atoms in total. The first kappa shape index (κ1) is 27.5. The van der Waals surface area contributed by atoms with E-state index < -0.39 is 16.1 Å². The minimum atomic E-state index is -4.16. The molecule has 1 N–H and O–H groups in total. The minimum Gasteiger partial charge on any atom is -0.444 e. The molecule has 3 aromatic carbocycles. The number of ether oxygens (including phenoxy) is 1. The third-order valence-electron chi connectivity index (χ3n) is 6.27. The highest BCUT2D eigenvalue weighted by molar-refractivity contribution is 7.98. The number of nitrogens with zero attached hydrogens (tertiary/aromatic N) is 2. The predicted molar refractivity (Wildman–Crippen MR) is 151 cm³/mol. The van der Waals surface area contributed by atoms with Crippen LogP contribution in [0.1, 0.15) is 43.1 Å². The van der Waals surface area contributed by atoms with Crippen molar-refractivity contribution in [1.29, 1.82) is 0 Å². The van der Waals surface area contributed by atoms with Crippen molar-refractivity contribution in [2.75, 3.05) is 6.26 Å². The Bertz CT molecular complexity index is 1480. The summed E-state index contributed by atoms with van der Waals surface area (Å²) in [6.45, 7) is 4.97. The summed E-state index contributed by atoms with van der Waals surface area (Å²) in [5.41, 5.74) is 3.06. The fourth-order valence-corrected chi connectivity index (χ4v) is 5.59. The van der Waals surface area contributed by atoms with E-state index >= 15 is 0 Å². The Kier molecular flexibility index (Phi) is 8.91. The number of benzene rings is 3. The van der Waals surface area contributed by atoms with E-state index in [1.54, 1.807) is 42.1 Å². The highest BCUT2D eigenvalue weighted by Crippen LogP contribution is 2.28. The number of amides is 1. The van der Waals surface area contributed by atoms with E-state index in [-0.39, 0.29) is 11.5 Å². The van der Waals surface area contributed by atoms with Crippen LogP contribution in [0.2, 0.25) is 0 Å². The summed E-state index contributed by atoms with van der Waals surface area (Å²) in [7, 11) is -4.16. The molecule has 198 valence electrons. The van der Waals surface area contributed by atoms with Gasteiger partial charge in [0.05, 0.1) is 4.90 Å². The number of carbonyl (C=O) groups excluding carboxylic acids is 1. The number of aromatic nitrogens is 2. The third kappa shape index (κ3) is 6.65. The zero-order valence-electron chi connectivity index (χ0n) is 21.6. The molecule has 9 heteroatoms. The molecule has 0 spiro atoms. The van der Waals surface area contributed by atoms with Crippen LogP contribution < -0.4 is 4.72 Å². The average Bonchev–Trinajstić information content (AvgIpc) is 3.35. The van der Waals surface area contributed by atoms with Gasteiger partial charge in [0.25, 0.3) is 10.0 Å². The Labute approximate surface area is 228 Å². The SMILES string of the molecule is CCC(C)c1nc(SC)cn1Cc1ccc(-c2ccccc2S(=O)(=O)NC(=O)OCc2ccccc2)cc1. The van der Waals surface area contributed by atoms with Gasteiger partial charge in [0, 0.05) is 24.2 Å². The van der Waals surface area contributed by atoms with Gasteiger partial charge in [0.2, 0.25) is 0 Å². The molecular formula is C29H31N3O4S2. The first-order valence-corrected chi connectivity index (χ1v) is 15.0. The summed E-state index contributed by atoms with van der Waals surface area (Å²) in [6.07, 6.45) is 4.07. The molecule has 0 radical (unpaired) electrons. The third-order valence-corrected chi connectivity index (χ3v) is 8.26. The van der Waals surface area contributed by atoms with Crippen molar-refractivity contribution in [2.45, 2.75) is 49.3 Å². The van der Waals surface area contributed by atoms with Crippen LogP contribution in [-0.2, 0) is 27.9 Å². The Morgan fingerprint density at radius 2 is 1.68 bits per heavy atom. The molecule has 38 heavy (non-hydrogen) atoms. The van der Waals surface area contributed by atoms with E-state index in [9.17, 15) is 13.2 Å². The highest BCUT2D eigenvalue weighted by atomic mass is 32.2. The fraction of sp³-hybridized carbons (Fsp3) is 0.241. The summed E-state index contributed by atoms with van der Waals surface area (Å²) in [6, 6.07) is 23.4. The highest BCUT2D eigenvalue weighted by Gasteiger charge is 2.22. The molecule has 0 saturated carbocycles. The Balaban J connectivity index is 1.51. The molecule has 1 unspecified atom stereocenters. The Morgan fingerprint density at radius 3 is 2.37 bits per heavy atom. The second kappa shape index (κ2) is 12.3. The lowest BCUT2D eigenvalue weighted by molar-refractivity contribution is 0.146. The fourth-order valence-electron chi connectivity index (χ4n) is 4.05. The number of nitrogens with one attached hydrogen (secondary N) is 1. The van der Waals surface area contributed by atoms with Crippen LogP contribution in [0.3, 0.4) is 0 Å². The molecule has 0 aliphatic heterocycles. The van der Waals surface area contributed by atoms with Crippen LogP contribution in [0.15, 0.2) is 95.0 Å². The van der Waals surface area contributed by atoms with E-state index in [0.717, 1.165) is 34.0 Å². The van der Waals surface area contributed by atoms with E-state index in [1.807, 2.05) is 53.4 Å². The number of thioether (sulfide) groups is 1. The normalized spacial score (nSPS) is 12.2. The van der Waals surface area contributed by atoms with Gasteiger partial charge in [0.1, 0.15) is 17.5 Å². The van der Waals surface area contributed by atoms with Crippen molar-refractivity contribution in [3.05, 3.63) is 102 Å². The number of hydrogen-bond acceptors (Lipinski definition) is 6. The predicted octanol–water partition coefficient (Wildman–Crippen LogP) is 6.45.